The van der Waals surface area contributed by atoms with E-state index in [1.807, 2.05) is 110 Å². The number of benzene rings is 4. The summed E-state index contributed by atoms with van der Waals surface area (Å²) in [5.41, 5.74) is 4.53. The maximum atomic E-state index is 13.9. The van der Waals surface area contributed by atoms with Crippen LogP contribution in [-0.2, 0) is 10.2 Å². The number of anilines is 1. The highest BCUT2D eigenvalue weighted by Crippen LogP contribution is 2.31. The van der Waals surface area contributed by atoms with E-state index in [0.717, 1.165) is 16.9 Å². The van der Waals surface area contributed by atoms with Crippen LogP contribution in [-0.4, -0.2) is 23.7 Å². The van der Waals surface area contributed by atoms with Gasteiger partial charge in [0, 0.05) is 5.69 Å². The number of allylic oxidation sites excluding steroid dienone is 1. The van der Waals surface area contributed by atoms with Crippen LogP contribution in [0.25, 0.3) is 6.08 Å². The third kappa shape index (κ3) is 7.28. The lowest BCUT2D eigenvalue weighted by Crippen LogP contribution is -2.40. The lowest BCUT2D eigenvalue weighted by molar-refractivity contribution is -0.113. The average molecular weight is 644 g/mol. The van der Waals surface area contributed by atoms with Crippen molar-refractivity contribution in [3.05, 3.63) is 157 Å². The van der Waals surface area contributed by atoms with E-state index in [1.165, 1.54) is 16.9 Å². The van der Waals surface area contributed by atoms with Gasteiger partial charge in [-0.15, -0.1) is 0 Å². The number of hydrogen-bond donors (Lipinski definition) is 1. The number of aromatic nitrogens is 1. The Labute approximate surface area is 278 Å². The third-order valence-corrected chi connectivity index (χ3v) is 8.92. The van der Waals surface area contributed by atoms with Gasteiger partial charge in [0.15, 0.2) is 4.80 Å². The van der Waals surface area contributed by atoms with Crippen molar-refractivity contribution in [1.29, 1.82) is 0 Å². The molecule has 0 spiro atoms. The zero-order valence-corrected chi connectivity index (χ0v) is 27.7. The minimum atomic E-state index is -0.618. The number of thiazole rings is 1. The lowest BCUT2D eigenvalue weighted by Gasteiger charge is -2.25. The largest absolute Gasteiger partial charge is 0.490 e. The Hall–Kier alpha value is -5.21. The van der Waals surface area contributed by atoms with Gasteiger partial charge in [-0.2, -0.15) is 0 Å². The molecule has 1 aliphatic rings. The summed E-state index contributed by atoms with van der Waals surface area (Å²) in [5.74, 6) is 1.23. The second-order valence-corrected chi connectivity index (χ2v) is 13.4. The summed E-state index contributed by atoms with van der Waals surface area (Å²) in [6.07, 6.45) is 1.85. The fourth-order valence-electron chi connectivity index (χ4n) is 5.46. The number of rotatable bonds is 9. The van der Waals surface area contributed by atoms with Crippen LogP contribution in [0.4, 0.5) is 5.69 Å². The van der Waals surface area contributed by atoms with Crippen LogP contribution in [0.1, 0.15) is 50.4 Å². The van der Waals surface area contributed by atoms with E-state index in [1.54, 1.807) is 4.57 Å². The first-order valence-corrected chi connectivity index (χ1v) is 16.4. The van der Waals surface area contributed by atoms with Crippen LogP contribution in [0.15, 0.2) is 130 Å². The zero-order valence-electron chi connectivity index (χ0n) is 26.9. The molecule has 0 aliphatic carbocycles. The maximum Gasteiger partial charge on any atom is 0.271 e. The number of amides is 1. The van der Waals surface area contributed by atoms with Crippen molar-refractivity contribution in [2.24, 2.45) is 4.99 Å². The molecule has 0 bridgehead atoms. The van der Waals surface area contributed by atoms with Gasteiger partial charge in [0.2, 0.25) is 0 Å². The van der Waals surface area contributed by atoms with Crippen LogP contribution in [0.2, 0.25) is 0 Å². The smallest absolute Gasteiger partial charge is 0.271 e. The zero-order chi connectivity index (χ0) is 33.0. The molecular formula is C39H37N3O4S. The Bertz CT molecular complexity index is 2070. The van der Waals surface area contributed by atoms with Crippen molar-refractivity contribution < 1.29 is 14.3 Å². The maximum absolute atomic E-state index is 13.9. The molecule has 1 aromatic heterocycles. The quantitative estimate of drug-likeness (QED) is 0.183. The molecule has 0 saturated carbocycles. The molecule has 0 radical (unpaired) electrons. The molecule has 238 valence electrons. The molecule has 1 aliphatic heterocycles. The number of nitrogens with zero attached hydrogens (tertiary/aromatic N) is 2. The van der Waals surface area contributed by atoms with Crippen LogP contribution in [0.5, 0.6) is 11.5 Å². The van der Waals surface area contributed by atoms with Crippen molar-refractivity contribution >= 4 is 29.0 Å². The Morgan fingerprint density at radius 2 is 1.43 bits per heavy atom. The normalized spacial score (nSPS) is 14.7. The summed E-state index contributed by atoms with van der Waals surface area (Å²) in [5, 5.41) is 2.98. The van der Waals surface area contributed by atoms with Gasteiger partial charge in [-0.3, -0.25) is 14.2 Å². The predicted molar refractivity (Wildman–Crippen MR) is 188 cm³/mol. The van der Waals surface area contributed by atoms with E-state index in [9.17, 15) is 9.59 Å². The molecule has 2 heterocycles. The van der Waals surface area contributed by atoms with Gasteiger partial charge in [-0.1, -0.05) is 105 Å². The molecule has 0 unspecified atom stereocenters. The van der Waals surface area contributed by atoms with E-state index < -0.39 is 6.04 Å². The highest BCUT2D eigenvalue weighted by Gasteiger charge is 2.32. The van der Waals surface area contributed by atoms with E-state index in [0.29, 0.717) is 45.3 Å². The molecule has 47 heavy (non-hydrogen) atoms. The number of carbonyl (C=O) groups is 1. The summed E-state index contributed by atoms with van der Waals surface area (Å²) >= 11 is 1.31. The van der Waals surface area contributed by atoms with Gasteiger partial charge in [-0.25, -0.2) is 4.99 Å². The standard InChI is InChI=1S/C39H37N3O4S/c1-26-34(36(43)41-30-13-9-6-10-14-30)35(28-11-7-5-8-12-28)42-37(44)33(47-38(42)40-26)25-27-15-19-31(20-16-27)45-23-24-46-32-21-17-29(18-22-32)39(2,3)4/h5-22,25,35H,23-24H2,1-4H3,(H,41,43)/b33-25+/t35-/m0/s1. The summed E-state index contributed by atoms with van der Waals surface area (Å²) in [4.78, 5) is 32.9. The molecule has 7 nitrogen and oxygen atoms in total. The van der Waals surface area contributed by atoms with Gasteiger partial charge >= 0.3 is 0 Å². The fourth-order valence-corrected chi connectivity index (χ4v) is 6.51. The van der Waals surface area contributed by atoms with Gasteiger partial charge in [0.05, 0.1) is 21.8 Å². The molecule has 8 heteroatoms. The molecule has 6 rings (SSSR count). The Morgan fingerprint density at radius 1 is 0.851 bits per heavy atom. The lowest BCUT2D eigenvalue weighted by atomic mass is 9.87. The van der Waals surface area contributed by atoms with Gasteiger partial charge in [0.1, 0.15) is 24.7 Å². The molecule has 1 N–H and O–H groups in total. The van der Waals surface area contributed by atoms with Crippen molar-refractivity contribution in [3.63, 3.8) is 0 Å². The average Bonchev–Trinajstić information content (AvgIpc) is 3.37. The van der Waals surface area contributed by atoms with Crippen molar-refractivity contribution in [3.8, 4) is 11.5 Å². The fraction of sp³-hybridized carbons (Fsp3) is 0.205. The SMILES string of the molecule is CC1=C(C(=O)Nc2ccccc2)[C@H](c2ccccc2)n2c(s/c(=C/c3ccc(OCCOc4ccc(C(C)(C)C)cc4)cc3)c2=O)=N1. The van der Waals surface area contributed by atoms with Crippen LogP contribution >= 0.6 is 11.3 Å². The second-order valence-electron chi connectivity index (χ2n) is 12.4. The Kier molecular flexibility index (Phi) is 9.22. The second kappa shape index (κ2) is 13.6. The van der Waals surface area contributed by atoms with Crippen molar-refractivity contribution in [1.82, 2.24) is 4.57 Å². The van der Waals surface area contributed by atoms with Crippen molar-refractivity contribution in [2.75, 3.05) is 18.5 Å². The van der Waals surface area contributed by atoms with Gasteiger partial charge in [-0.05, 0) is 71.5 Å². The van der Waals surface area contributed by atoms with Crippen molar-refractivity contribution in [2.45, 2.75) is 39.2 Å². The number of nitrogens with one attached hydrogen (secondary N) is 1. The van der Waals surface area contributed by atoms with Crippen LogP contribution in [0, 0.1) is 0 Å². The van der Waals surface area contributed by atoms with Gasteiger partial charge in [0.25, 0.3) is 11.5 Å². The number of para-hydroxylation sites is 1. The molecule has 0 saturated heterocycles. The Morgan fingerprint density at radius 3 is 2.02 bits per heavy atom. The molecular weight excluding hydrogens is 607 g/mol. The highest BCUT2D eigenvalue weighted by molar-refractivity contribution is 7.07. The summed E-state index contributed by atoms with van der Waals surface area (Å²) in [6.45, 7) is 9.20. The summed E-state index contributed by atoms with van der Waals surface area (Å²) in [7, 11) is 0. The first-order chi connectivity index (χ1) is 22.7. The minimum Gasteiger partial charge on any atom is -0.490 e. The van der Waals surface area contributed by atoms with E-state index in [2.05, 4.69) is 38.2 Å². The monoisotopic (exact) mass is 643 g/mol. The minimum absolute atomic E-state index is 0.0999. The molecule has 1 atom stereocenters. The van der Waals surface area contributed by atoms with E-state index in [4.69, 9.17) is 14.5 Å². The Balaban J connectivity index is 1.19. The third-order valence-electron chi connectivity index (χ3n) is 7.93. The first kappa shape index (κ1) is 31.8. The van der Waals surface area contributed by atoms with Crippen LogP contribution in [0.3, 0.4) is 0 Å². The molecule has 0 fully saturated rings. The number of hydrogen-bond acceptors (Lipinski definition) is 6. The highest BCUT2D eigenvalue weighted by atomic mass is 32.1. The number of fused-ring (bicyclic) bond motifs is 1. The topological polar surface area (TPSA) is 81.9 Å². The summed E-state index contributed by atoms with van der Waals surface area (Å²) < 4.78 is 13.9. The van der Waals surface area contributed by atoms with E-state index in [-0.39, 0.29) is 16.9 Å². The molecule has 5 aromatic rings. The first-order valence-electron chi connectivity index (χ1n) is 15.6. The van der Waals surface area contributed by atoms with Crippen LogP contribution < -0.4 is 29.7 Å². The number of carbonyl (C=O) groups excluding carboxylic acids is 1. The van der Waals surface area contributed by atoms with Gasteiger partial charge < -0.3 is 14.8 Å². The number of ether oxygens (including phenoxy) is 2. The predicted octanol–water partition coefficient (Wildman–Crippen LogP) is 6.63. The molecule has 1 amide bonds. The summed E-state index contributed by atoms with van der Waals surface area (Å²) in [6, 6.07) is 34.0. The molecule has 4 aromatic carbocycles. The van der Waals surface area contributed by atoms with E-state index >= 15 is 0 Å².